The topological polar surface area (TPSA) is 79.4 Å². The van der Waals surface area contributed by atoms with Crippen molar-refractivity contribution in [2.45, 2.75) is 96.5 Å². The zero-order valence-corrected chi connectivity index (χ0v) is 21.6. The second-order valence-electron chi connectivity index (χ2n) is 9.52. The standard InChI is InChI=1S/C24H37N3O3S2/c1-6-7-8-18-9-11-19(12-10-18)23(28)26-24-25-21-14-13-20(15-22(21)31-24)32(29,30)27(16(2)3)17(4)5/h13-19H,6-12H2,1-5H3,(H,25,26,28). The van der Waals surface area contributed by atoms with Gasteiger partial charge in [0.05, 0.1) is 15.1 Å². The molecule has 0 radical (unpaired) electrons. The van der Waals surface area contributed by atoms with Crippen molar-refractivity contribution in [3.8, 4) is 0 Å². The maximum absolute atomic E-state index is 13.2. The molecule has 6 nitrogen and oxygen atoms in total. The molecule has 1 amide bonds. The van der Waals surface area contributed by atoms with E-state index < -0.39 is 10.0 Å². The number of hydrogen-bond acceptors (Lipinski definition) is 5. The SMILES string of the molecule is CCCCC1CCC(C(=O)Nc2nc3ccc(S(=O)(=O)N(C(C)C)C(C)C)cc3s2)CC1. The summed E-state index contributed by atoms with van der Waals surface area (Å²) in [6.45, 7) is 9.75. The van der Waals surface area contributed by atoms with Gasteiger partial charge < -0.3 is 5.32 Å². The molecule has 1 aliphatic carbocycles. The molecule has 1 N–H and O–H groups in total. The summed E-state index contributed by atoms with van der Waals surface area (Å²) in [6, 6.07) is 4.74. The van der Waals surface area contributed by atoms with Crippen molar-refractivity contribution in [2.75, 3.05) is 5.32 Å². The van der Waals surface area contributed by atoms with Crippen LogP contribution in [0.15, 0.2) is 23.1 Å². The van der Waals surface area contributed by atoms with Gasteiger partial charge in [-0.25, -0.2) is 13.4 Å². The van der Waals surface area contributed by atoms with Crippen molar-refractivity contribution in [1.82, 2.24) is 9.29 Å². The van der Waals surface area contributed by atoms with E-state index in [1.165, 1.54) is 34.9 Å². The fraction of sp³-hybridized carbons (Fsp3) is 0.667. The quantitative estimate of drug-likeness (QED) is 0.475. The van der Waals surface area contributed by atoms with Gasteiger partial charge in [-0.15, -0.1) is 0 Å². The van der Waals surface area contributed by atoms with Gasteiger partial charge in [0.25, 0.3) is 0 Å². The normalized spacial score (nSPS) is 19.9. The smallest absolute Gasteiger partial charge is 0.243 e. The Balaban J connectivity index is 1.71. The highest BCUT2D eigenvalue weighted by atomic mass is 32.2. The van der Waals surface area contributed by atoms with Gasteiger partial charge in [-0.05, 0) is 77.5 Å². The van der Waals surface area contributed by atoms with E-state index in [0.717, 1.165) is 36.3 Å². The average molecular weight is 480 g/mol. The third-order valence-electron chi connectivity index (χ3n) is 6.37. The molecule has 0 bridgehead atoms. The Morgan fingerprint density at radius 3 is 2.41 bits per heavy atom. The number of unbranched alkanes of at least 4 members (excludes halogenated alkanes) is 1. The van der Waals surface area contributed by atoms with Crippen molar-refractivity contribution < 1.29 is 13.2 Å². The summed E-state index contributed by atoms with van der Waals surface area (Å²) >= 11 is 1.33. The Hall–Kier alpha value is -1.51. The molecule has 1 aromatic heterocycles. The molecule has 1 fully saturated rings. The van der Waals surface area contributed by atoms with Crippen molar-refractivity contribution >= 4 is 42.6 Å². The Labute approximate surface area is 196 Å². The summed E-state index contributed by atoms with van der Waals surface area (Å²) in [4.78, 5) is 17.6. The zero-order chi connectivity index (χ0) is 23.5. The fourth-order valence-electron chi connectivity index (χ4n) is 4.81. The van der Waals surface area contributed by atoms with Gasteiger partial charge in [0.1, 0.15) is 0 Å². The molecule has 1 aromatic carbocycles. The van der Waals surface area contributed by atoms with Gasteiger partial charge in [-0.1, -0.05) is 37.5 Å². The number of sulfonamides is 1. The molecule has 0 aliphatic heterocycles. The lowest BCUT2D eigenvalue weighted by molar-refractivity contribution is -0.121. The molecule has 178 valence electrons. The molecule has 2 aromatic rings. The van der Waals surface area contributed by atoms with Crippen LogP contribution < -0.4 is 5.32 Å². The van der Waals surface area contributed by atoms with E-state index >= 15 is 0 Å². The molecular formula is C24H37N3O3S2. The van der Waals surface area contributed by atoms with Crippen LogP contribution in [0.3, 0.4) is 0 Å². The number of aromatic nitrogens is 1. The number of thiazole rings is 1. The summed E-state index contributed by atoms with van der Waals surface area (Å²) in [7, 11) is -3.61. The van der Waals surface area contributed by atoms with E-state index in [-0.39, 0.29) is 28.8 Å². The Morgan fingerprint density at radius 1 is 1.16 bits per heavy atom. The number of nitrogens with zero attached hydrogens (tertiary/aromatic N) is 2. The van der Waals surface area contributed by atoms with Crippen LogP contribution in [0.5, 0.6) is 0 Å². The number of anilines is 1. The molecule has 32 heavy (non-hydrogen) atoms. The molecule has 3 rings (SSSR count). The predicted molar refractivity (Wildman–Crippen MR) is 133 cm³/mol. The van der Waals surface area contributed by atoms with Gasteiger partial charge in [0, 0.05) is 18.0 Å². The Bertz CT molecular complexity index is 1010. The highest BCUT2D eigenvalue weighted by Gasteiger charge is 2.30. The van der Waals surface area contributed by atoms with E-state index in [1.54, 1.807) is 18.2 Å². The monoisotopic (exact) mass is 479 g/mol. The molecule has 8 heteroatoms. The average Bonchev–Trinajstić information content (AvgIpc) is 3.13. The largest absolute Gasteiger partial charge is 0.302 e. The summed E-state index contributed by atoms with van der Waals surface area (Å²) in [5, 5.41) is 3.52. The van der Waals surface area contributed by atoms with Crippen LogP contribution in [-0.2, 0) is 14.8 Å². The number of amides is 1. The molecule has 0 saturated heterocycles. The number of nitrogens with one attached hydrogen (secondary N) is 1. The Morgan fingerprint density at radius 2 is 1.81 bits per heavy atom. The van der Waals surface area contributed by atoms with Gasteiger partial charge in [-0.3, -0.25) is 4.79 Å². The first-order chi connectivity index (χ1) is 15.1. The minimum Gasteiger partial charge on any atom is -0.302 e. The minimum atomic E-state index is -3.61. The van der Waals surface area contributed by atoms with Crippen LogP contribution in [-0.4, -0.2) is 35.7 Å². The third-order valence-corrected chi connectivity index (χ3v) is 9.55. The first-order valence-electron chi connectivity index (χ1n) is 11.9. The van der Waals surface area contributed by atoms with Gasteiger partial charge in [0.15, 0.2) is 5.13 Å². The molecule has 0 unspecified atom stereocenters. The van der Waals surface area contributed by atoms with Gasteiger partial charge in [0.2, 0.25) is 15.9 Å². The lowest BCUT2D eigenvalue weighted by Gasteiger charge is -2.29. The predicted octanol–water partition coefficient (Wildman–Crippen LogP) is 6.04. The minimum absolute atomic E-state index is 0.0385. The van der Waals surface area contributed by atoms with Crippen molar-refractivity contribution in [3.05, 3.63) is 18.2 Å². The number of benzene rings is 1. The third kappa shape index (κ3) is 5.69. The van der Waals surface area contributed by atoms with Gasteiger partial charge in [-0.2, -0.15) is 4.31 Å². The molecule has 1 saturated carbocycles. The second kappa shape index (κ2) is 10.6. The van der Waals surface area contributed by atoms with E-state index in [1.807, 2.05) is 27.7 Å². The molecule has 0 atom stereocenters. The van der Waals surface area contributed by atoms with Crippen LogP contribution in [0.1, 0.15) is 79.6 Å². The number of fused-ring (bicyclic) bond motifs is 1. The number of rotatable bonds is 9. The lowest BCUT2D eigenvalue weighted by atomic mass is 9.79. The van der Waals surface area contributed by atoms with Crippen molar-refractivity contribution in [1.29, 1.82) is 0 Å². The second-order valence-corrected chi connectivity index (χ2v) is 12.4. The van der Waals surface area contributed by atoms with Crippen LogP contribution in [0.25, 0.3) is 10.2 Å². The van der Waals surface area contributed by atoms with Crippen LogP contribution in [0, 0.1) is 11.8 Å². The summed E-state index contributed by atoms with van der Waals surface area (Å²) in [6.07, 6.45) is 7.91. The highest BCUT2D eigenvalue weighted by molar-refractivity contribution is 7.89. The molecule has 0 spiro atoms. The van der Waals surface area contributed by atoms with Crippen LogP contribution >= 0.6 is 11.3 Å². The first kappa shape index (κ1) is 25.1. The summed E-state index contributed by atoms with van der Waals surface area (Å²) in [5.41, 5.74) is 0.702. The maximum atomic E-state index is 13.2. The highest BCUT2D eigenvalue weighted by Crippen LogP contribution is 2.34. The van der Waals surface area contributed by atoms with Crippen LogP contribution in [0.2, 0.25) is 0 Å². The van der Waals surface area contributed by atoms with Crippen LogP contribution in [0.4, 0.5) is 5.13 Å². The molecule has 1 aliphatic rings. The number of hydrogen-bond donors (Lipinski definition) is 1. The Kier molecular flexibility index (Phi) is 8.33. The number of carbonyl (C=O) groups is 1. The zero-order valence-electron chi connectivity index (χ0n) is 19.9. The van der Waals surface area contributed by atoms with Gasteiger partial charge >= 0.3 is 0 Å². The molecular weight excluding hydrogens is 442 g/mol. The van der Waals surface area contributed by atoms with E-state index in [2.05, 4.69) is 17.2 Å². The fourth-order valence-corrected chi connectivity index (χ4v) is 7.65. The van der Waals surface area contributed by atoms with E-state index in [9.17, 15) is 13.2 Å². The maximum Gasteiger partial charge on any atom is 0.243 e. The van der Waals surface area contributed by atoms with E-state index in [0.29, 0.717) is 10.6 Å². The molecule has 1 heterocycles. The first-order valence-corrected chi connectivity index (χ1v) is 14.1. The lowest BCUT2D eigenvalue weighted by Crippen LogP contribution is -2.41. The van der Waals surface area contributed by atoms with Crippen molar-refractivity contribution in [3.63, 3.8) is 0 Å². The summed E-state index contributed by atoms with van der Waals surface area (Å²) < 4.78 is 28.6. The number of carbonyl (C=O) groups excluding carboxylic acids is 1. The summed E-state index contributed by atoms with van der Waals surface area (Å²) in [5.74, 6) is 0.844. The van der Waals surface area contributed by atoms with E-state index in [4.69, 9.17) is 0 Å². The van der Waals surface area contributed by atoms with Crippen molar-refractivity contribution in [2.24, 2.45) is 11.8 Å².